The molecular weight excluding hydrogens is 413 g/mol. The molecule has 0 aliphatic carbocycles. The Kier molecular flexibility index (Phi) is 6.94. The molecule has 0 radical (unpaired) electrons. The number of pyridine rings is 1. The molecule has 1 aromatic carbocycles. The standard InChI is InChI=1S/C19H18IN3O/c1-2-7-17(14-8-4-3-5-9-14)23-19(24)15(13-21)12-16-10-6-11-18(20)22-16/h3-6,8-12,17H,2,7H2,1H3,(H,23,24)/b15-12+/t17-/m0/s1. The molecule has 0 fully saturated rings. The summed E-state index contributed by atoms with van der Waals surface area (Å²) in [6, 6.07) is 17.1. The normalized spacial score (nSPS) is 12.3. The monoisotopic (exact) mass is 431 g/mol. The van der Waals surface area contributed by atoms with Crippen LogP contribution in [0.25, 0.3) is 6.08 Å². The second-order valence-corrected chi connectivity index (χ2v) is 6.39. The summed E-state index contributed by atoms with van der Waals surface area (Å²) in [6.45, 7) is 2.07. The van der Waals surface area contributed by atoms with Gasteiger partial charge >= 0.3 is 0 Å². The van der Waals surface area contributed by atoms with Crippen LogP contribution in [0.4, 0.5) is 0 Å². The highest BCUT2D eigenvalue weighted by molar-refractivity contribution is 14.1. The summed E-state index contributed by atoms with van der Waals surface area (Å²) >= 11 is 2.10. The number of aromatic nitrogens is 1. The van der Waals surface area contributed by atoms with Crippen LogP contribution in [0.5, 0.6) is 0 Å². The molecule has 2 aromatic rings. The fraction of sp³-hybridized carbons (Fsp3) is 0.211. The van der Waals surface area contributed by atoms with Crippen molar-refractivity contribution in [1.82, 2.24) is 10.3 Å². The maximum absolute atomic E-state index is 12.5. The van der Waals surface area contributed by atoms with Crippen molar-refractivity contribution in [3.05, 3.63) is 69.1 Å². The molecule has 1 amide bonds. The van der Waals surface area contributed by atoms with Crippen molar-refractivity contribution < 1.29 is 4.79 Å². The Morgan fingerprint density at radius 3 is 2.67 bits per heavy atom. The highest BCUT2D eigenvalue weighted by Crippen LogP contribution is 2.19. The summed E-state index contributed by atoms with van der Waals surface area (Å²) in [5.41, 5.74) is 1.69. The molecule has 0 saturated heterocycles. The molecule has 24 heavy (non-hydrogen) atoms. The van der Waals surface area contributed by atoms with Crippen molar-refractivity contribution in [1.29, 1.82) is 5.26 Å². The molecule has 1 N–H and O–H groups in total. The van der Waals surface area contributed by atoms with Crippen LogP contribution in [0.2, 0.25) is 0 Å². The van der Waals surface area contributed by atoms with Gasteiger partial charge in [-0.15, -0.1) is 0 Å². The van der Waals surface area contributed by atoms with E-state index in [4.69, 9.17) is 0 Å². The summed E-state index contributed by atoms with van der Waals surface area (Å²) in [5, 5.41) is 12.3. The van der Waals surface area contributed by atoms with E-state index in [1.165, 1.54) is 6.08 Å². The molecular formula is C19H18IN3O. The maximum atomic E-state index is 12.5. The minimum atomic E-state index is -0.375. The van der Waals surface area contributed by atoms with Gasteiger partial charge in [-0.05, 0) is 52.8 Å². The first-order valence-electron chi connectivity index (χ1n) is 7.74. The molecule has 1 atom stereocenters. The SMILES string of the molecule is CCC[C@H](NC(=O)/C(C#N)=C/c1cccc(I)n1)c1ccccc1. The zero-order valence-corrected chi connectivity index (χ0v) is 15.5. The fourth-order valence-corrected chi connectivity index (χ4v) is 2.82. The molecule has 0 aliphatic rings. The van der Waals surface area contributed by atoms with Gasteiger partial charge in [0.15, 0.2) is 0 Å². The quantitative estimate of drug-likeness (QED) is 0.322. The van der Waals surface area contributed by atoms with Crippen molar-refractivity contribution in [3.8, 4) is 6.07 Å². The van der Waals surface area contributed by atoms with E-state index < -0.39 is 0 Å². The van der Waals surface area contributed by atoms with Gasteiger partial charge in [0, 0.05) is 0 Å². The molecule has 5 heteroatoms. The van der Waals surface area contributed by atoms with Crippen LogP contribution >= 0.6 is 22.6 Å². The largest absolute Gasteiger partial charge is 0.345 e. The van der Waals surface area contributed by atoms with E-state index in [0.29, 0.717) is 5.69 Å². The number of carbonyl (C=O) groups excluding carboxylic acids is 1. The molecule has 0 bridgehead atoms. The van der Waals surface area contributed by atoms with Gasteiger partial charge < -0.3 is 5.32 Å². The van der Waals surface area contributed by atoms with E-state index in [0.717, 1.165) is 22.1 Å². The topological polar surface area (TPSA) is 65.8 Å². The van der Waals surface area contributed by atoms with E-state index in [-0.39, 0.29) is 17.5 Å². The number of hydrogen-bond donors (Lipinski definition) is 1. The molecule has 0 saturated carbocycles. The van der Waals surface area contributed by atoms with Gasteiger partial charge in [0.25, 0.3) is 5.91 Å². The van der Waals surface area contributed by atoms with E-state index in [9.17, 15) is 10.1 Å². The molecule has 0 aliphatic heterocycles. The third kappa shape index (κ3) is 5.17. The zero-order chi connectivity index (χ0) is 17.4. The number of carbonyl (C=O) groups is 1. The third-order valence-corrected chi connectivity index (χ3v) is 4.08. The number of hydrogen-bond acceptors (Lipinski definition) is 3. The molecule has 1 heterocycles. The lowest BCUT2D eigenvalue weighted by atomic mass is 10.0. The van der Waals surface area contributed by atoms with Gasteiger partial charge in [-0.3, -0.25) is 4.79 Å². The van der Waals surface area contributed by atoms with Crippen LogP contribution in [0.3, 0.4) is 0 Å². The number of rotatable bonds is 6. The van der Waals surface area contributed by atoms with E-state index >= 15 is 0 Å². The van der Waals surface area contributed by atoms with Crippen molar-refractivity contribution >= 4 is 34.6 Å². The predicted octanol–water partition coefficient (Wildman–Crippen LogP) is 4.25. The first-order chi connectivity index (χ1) is 11.6. The number of halogens is 1. The average Bonchev–Trinajstić information content (AvgIpc) is 2.60. The van der Waals surface area contributed by atoms with Crippen LogP contribution in [0.1, 0.15) is 37.1 Å². The molecule has 4 nitrogen and oxygen atoms in total. The van der Waals surface area contributed by atoms with Crippen molar-refractivity contribution in [2.24, 2.45) is 0 Å². The second-order valence-electron chi connectivity index (χ2n) is 5.28. The number of benzene rings is 1. The van der Waals surface area contributed by atoms with Crippen molar-refractivity contribution in [3.63, 3.8) is 0 Å². The molecule has 0 unspecified atom stereocenters. The van der Waals surface area contributed by atoms with E-state index in [1.807, 2.05) is 48.5 Å². The summed E-state index contributed by atoms with van der Waals surface area (Å²) < 4.78 is 0.812. The second kappa shape index (κ2) is 9.18. The fourth-order valence-electron chi connectivity index (χ4n) is 2.33. The first-order valence-corrected chi connectivity index (χ1v) is 8.82. The number of nitrogens with zero attached hydrogens (tertiary/aromatic N) is 2. The Balaban J connectivity index is 2.20. The molecule has 0 spiro atoms. The van der Waals surface area contributed by atoms with E-state index in [1.54, 1.807) is 6.07 Å². The van der Waals surface area contributed by atoms with Gasteiger partial charge in [0.1, 0.15) is 15.3 Å². The average molecular weight is 431 g/mol. The Labute approximate surface area is 155 Å². The lowest BCUT2D eigenvalue weighted by Crippen LogP contribution is -2.29. The third-order valence-electron chi connectivity index (χ3n) is 3.48. The van der Waals surface area contributed by atoms with Gasteiger partial charge in [-0.2, -0.15) is 5.26 Å². The number of nitriles is 1. The zero-order valence-electron chi connectivity index (χ0n) is 13.4. The summed E-state index contributed by atoms with van der Waals surface area (Å²) in [7, 11) is 0. The predicted molar refractivity (Wildman–Crippen MR) is 103 cm³/mol. The Bertz CT molecular complexity index is 766. The lowest BCUT2D eigenvalue weighted by molar-refractivity contribution is -0.117. The van der Waals surface area contributed by atoms with Crippen molar-refractivity contribution in [2.75, 3.05) is 0 Å². The smallest absolute Gasteiger partial charge is 0.262 e. The van der Waals surface area contributed by atoms with Crippen molar-refractivity contribution in [2.45, 2.75) is 25.8 Å². The minimum Gasteiger partial charge on any atom is -0.345 e. The lowest BCUT2D eigenvalue weighted by Gasteiger charge is -2.18. The summed E-state index contributed by atoms with van der Waals surface area (Å²) in [4.78, 5) is 16.8. The molecule has 2 rings (SSSR count). The van der Waals surface area contributed by atoms with E-state index in [2.05, 4.69) is 39.8 Å². The van der Waals surface area contributed by atoms with Crippen LogP contribution in [-0.4, -0.2) is 10.9 Å². The van der Waals surface area contributed by atoms with Gasteiger partial charge in [0.05, 0.1) is 11.7 Å². The van der Waals surface area contributed by atoms with Crippen LogP contribution in [0, 0.1) is 15.0 Å². The van der Waals surface area contributed by atoms with Gasteiger partial charge in [-0.25, -0.2) is 4.98 Å². The number of nitrogens with one attached hydrogen (secondary N) is 1. The van der Waals surface area contributed by atoms with Gasteiger partial charge in [0.2, 0.25) is 0 Å². The maximum Gasteiger partial charge on any atom is 0.262 e. The van der Waals surface area contributed by atoms with Crippen LogP contribution in [0.15, 0.2) is 54.1 Å². The summed E-state index contributed by atoms with van der Waals surface area (Å²) in [5.74, 6) is -0.375. The van der Waals surface area contributed by atoms with Gasteiger partial charge in [-0.1, -0.05) is 49.7 Å². The van der Waals surface area contributed by atoms with Crippen LogP contribution < -0.4 is 5.32 Å². The highest BCUT2D eigenvalue weighted by atomic mass is 127. The Morgan fingerprint density at radius 2 is 2.04 bits per heavy atom. The summed E-state index contributed by atoms with van der Waals surface area (Å²) in [6.07, 6.45) is 3.27. The Morgan fingerprint density at radius 1 is 1.29 bits per heavy atom. The Hall–Kier alpha value is -2.20. The highest BCUT2D eigenvalue weighted by Gasteiger charge is 2.16. The minimum absolute atomic E-state index is 0.0570. The first kappa shape index (κ1) is 18.1. The molecule has 1 aromatic heterocycles. The molecule has 122 valence electrons. The number of amides is 1. The van der Waals surface area contributed by atoms with Crippen LogP contribution in [-0.2, 0) is 4.79 Å².